The normalized spacial score (nSPS) is 15.2. The van der Waals surface area contributed by atoms with Gasteiger partial charge in [-0.15, -0.1) is 0 Å². The zero-order valence-electron chi connectivity index (χ0n) is 16.4. The van der Waals surface area contributed by atoms with E-state index in [1.54, 1.807) is 33.1 Å². The lowest BCUT2D eigenvalue weighted by molar-refractivity contribution is -0.115. The number of anilines is 1. The first-order chi connectivity index (χ1) is 13.3. The number of carbonyl (C=O) groups is 1. The van der Waals surface area contributed by atoms with Gasteiger partial charge in [-0.25, -0.2) is 13.1 Å². The SMILES string of the molecule is CCC(=O)Nc1ccc(S(=O)(=O)NCC2(OC)Cc3ccccc3C2)c(C)c1. The summed E-state index contributed by atoms with van der Waals surface area (Å²) in [6.07, 6.45) is 1.70. The Morgan fingerprint density at radius 3 is 2.32 bits per heavy atom. The highest BCUT2D eigenvalue weighted by molar-refractivity contribution is 7.89. The molecule has 0 fully saturated rings. The first-order valence-corrected chi connectivity index (χ1v) is 10.8. The van der Waals surface area contributed by atoms with Crippen LogP contribution >= 0.6 is 0 Å². The molecule has 1 aliphatic carbocycles. The van der Waals surface area contributed by atoms with Crippen LogP contribution in [0.1, 0.15) is 30.0 Å². The van der Waals surface area contributed by atoms with Crippen molar-refractivity contribution in [2.45, 2.75) is 43.6 Å². The van der Waals surface area contributed by atoms with Crippen LogP contribution in [-0.2, 0) is 32.4 Å². The predicted molar refractivity (Wildman–Crippen MR) is 109 cm³/mol. The number of carbonyl (C=O) groups excluding carboxylic acids is 1. The van der Waals surface area contributed by atoms with Gasteiger partial charge in [-0.1, -0.05) is 31.2 Å². The van der Waals surface area contributed by atoms with Crippen LogP contribution in [0.4, 0.5) is 5.69 Å². The van der Waals surface area contributed by atoms with Crippen molar-refractivity contribution in [3.05, 3.63) is 59.2 Å². The van der Waals surface area contributed by atoms with Gasteiger partial charge in [-0.3, -0.25) is 4.79 Å². The molecule has 0 saturated heterocycles. The molecule has 0 unspecified atom stereocenters. The fraction of sp³-hybridized carbons (Fsp3) is 0.381. The van der Waals surface area contributed by atoms with Gasteiger partial charge in [0.05, 0.1) is 10.5 Å². The maximum atomic E-state index is 12.9. The van der Waals surface area contributed by atoms with E-state index in [1.165, 1.54) is 17.2 Å². The van der Waals surface area contributed by atoms with Crippen LogP contribution < -0.4 is 10.0 Å². The number of benzene rings is 2. The van der Waals surface area contributed by atoms with Crippen LogP contribution in [-0.4, -0.2) is 33.6 Å². The molecule has 0 radical (unpaired) electrons. The summed E-state index contributed by atoms with van der Waals surface area (Å²) < 4.78 is 34.2. The minimum Gasteiger partial charge on any atom is -0.376 e. The summed E-state index contributed by atoms with van der Waals surface area (Å²) in [7, 11) is -2.09. The van der Waals surface area contributed by atoms with E-state index < -0.39 is 15.6 Å². The largest absolute Gasteiger partial charge is 0.376 e. The van der Waals surface area contributed by atoms with Crippen LogP contribution in [0.15, 0.2) is 47.4 Å². The summed E-state index contributed by atoms with van der Waals surface area (Å²) in [6.45, 7) is 3.67. The summed E-state index contributed by atoms with van der Waals surface area (Å²) in [4.78, 5) is 11.7. The van der Waals surface area contributed by atoms with Crippen molar-refractivity contribution in [1.82, 2.24) is 4.72 Å². The summed E-state index contributed by atoms with van der Waals surface area (Å²) in [5, 5.41) is 2.74. The smallest absolute Gasteiger partial charge is 0.240 e. The van der Waals surface area contributed by atoms with Crippen molar-refractivity contribution in [2.24, 2.45) is 0 Å². The lowest BCUT2D eigenvalue weighted by Crippen LogP contribution is -2.45. The molecular weight excluding hydrogens is 376 g/mol. The van der Waals surface area contributed by atoms with E-state index in [-0.39, 0.29) is 17.3 Å². The third-order valence-corrected chi connectivity index (χ3v) is 6.79. The topological polar surface area (TPSA) is 84.5 Å². The number of fused-ring (bicyclic) bond motifs is 1. The molecule has 2 aromatic carbocycles. The molecule has 0 atom stereocenters. The number of ether oxygens (including phenoxy) is 1. The van der Waals surface area contributed by atoms with Crippen molar-refractivity contribution in [3.8, 4) is 0 Å². The third kappa shape index (κ3) is 4.27. The van der Waals surface area contributed by atoms with Gasteiger partial charge in [0.2, 0.25) is 15.9 Å². The minimum absolute atomic E-state index is 0.115. The zero-order valence-corrected chi connectivity index (χ0v) is 17.2. The first kappa shape index (κ1) is 20.5. The fourth-order valence-electron chi connectivity index (χ4n) is 3.58. The van der Waals surface area contributed by atoms with Crippen molar-refractivity contribution in [2.75, 3.05) is 19.0 Å². The maximum absolute atomic E-state index is 12.9. The molecular formula is C21H26N2O4S. The molecule has 0 saturated carbocycles. The Morgan fingerprint density at radius 2 is 1.79 bits per heavy atom. The number of sulfonamides is 1. The maximum Gasteiger partial charge on any atom is 0.240 e. The fourth-order valence-corrected chi connectivity index (χ4v) is 4.92. The average molecular weight is 403 g/mol. The van der Waals surface area contributed by atoms with E-state index in [9.17, 15) is 13.2 Å². The van der Waals surface area contributed by atoms with E-state index in [4.69, 9.17) is 4.74 Å². The molecule has 3 rings (SSSR count). The molecule has 2 aromatic rings. The highest BCUT2D eigenvalue weighted by Crippen LogP contribution is 2.32. The van der Waals surface area contributed by atoms with Crippen LogP contribution in [0.5, 0.6) is 0 Å². The Morgan fingerprint density at radius 1 is 1.14 bits per heavy atom. The summed E-state index contributed by atoms with van der Waals surface area (Å²) in [5.41, 5.74) is 2.96. The Bertz CT molecular complexity index is 961. The van der Waals surface area contributed by atoms with Gasteiger partial charge >= 0.3 is 0 Å². The average Bonchev–Trinajstić information content (AvgIpc) is 3.05. The summed E-state index contributed by atoms with van der Waals surface area (Å²) in [5.74, 6) is -0.115. The second kappa shape index (κ2) is 8.03. The third-order valence-electron chi connectivity index (χ3n) is 5.23. The molecule has 150 valence electrons. The molecule has 7 heteroatoms. The van der Waals surface area contributed by atoms with Crippen LogP contribution in [0.2, 0.25) is 0 Å². The van der Waals surface area contributed by atoms with Crippen molar-refractivity contribution < 1.29 is 17.9 Å². The number of rotatable bonds is 7. The van der Waals surface area contributed by atoms with Crippen LogP contribution in [0, 0.1) is 6.92 Å². The van der Waals surface area contributed by atoms with Gasteiger partial charge in [-0.2, -0.15) is 0 Å². The molecule has 1 aliphatic rings. The van der Waals surface area contributed by atoms with Crippen molar-refractivity contribution in [3.63, 3.8) is 0 Å². The molecule has 0 heterocycles. The van der Waals surface area contributed by atoms with Gasteiger partial charge in [0.15, 0.2) is 0 Å². The quantitative estimate of drug-likeness (QED) is 0.746. The summed E-state index contributed by atoms with van der Waals surface area (Å²) >= 11 is 0. The molecule has 6 nitrogen and oxygen atoms in total. The second-order valence-electron chi connectivity index (χ2n) is 7.22. The highest BCUT2D eigenvalue weighted by atomic mass is 32.2. The van der Waals surface area contributed by atoms with Crippen molar-refractivity contribution in [1.29, 1.82) is 0 Å². The van der Waals surface area contributed by atoms with Gasteiger partial charge < -0.3 is 10.1 Å². The lowest BCUT2D eigenvalue weighted by Gasteiger charge is -2.28. The molecule has 0 spiro atoms. The number of methoxy groups -OCH3 is 1. The van der Waals surface area contributed by atoms with Gasteiger partial charge in [-0.05, 0) is 41.8 Å². The number of hydrogen-bond acceptors (Lipinski definition) is 4. The van der Waals surface area contributed by atoms with Gasteiger partial charge in [0.25, 0.3) is 0 Å². The monoisotopic (exact) mass is 402 g/mol. The van der Waals surface area contributed by atoms with E-state index in [0.29, 0.717) is 30.5 Å². The second-order valence-corrected chi connectivity index (χ2v) is 8.95. The number of nitrogens with one attached hydrogen (secondary N) is 2. The molecule has 0 aliphatic heterocycles. The van der Waals surface area contributed by atoms with Crippen molar-refractivity contribution >= 4 is 21.6 Å². The predicted octanol–water partition coefficient (Wildman–Crippen LogP) is 2.81. The zero-order chi connectivity index (χ0) is 20.4. The Labute approximate surface area is 166 Å². The first-order valence-electron chi connectivity index (χ1n) is 9.31. The molecule has 2 N–H and O–H groups in total. The van der Waals surface area contributed by atoms with Gasteiger partial charge in [0, 0.05) is 38.6 Å². The molecule has 1 amide bonds. The van der Waals surface area contributed by atoms with Gasteiger partial charge in [0.1, 0.15) is 0 Å². The molecule has 0 bridgehead atoms. The standard InChI is InChI=1S/C21H26N2O4S/c1-4-20(24)23-18-9-10-19(15(2)11-18)28(25,26)22-14-21(27-3)12-16-7-5-6-8-17(16)13-21/h5-11,22H,4,12-14H2,1-3H3,(H,23,24). The number of hydrogen-bond donors (Lipinski definition) is 2. The Balaban J connectivity index is 1.74. The van der Waals surface area contributed by atoms with Crippen LogP contribution in [0.25, 0.3) is 0 Å². The van der Waals surface area contributed by atoms with E-state index in [2.05, 4.69) is 22.2 Å². The Kier molecular flexibility index (Phi) is 5.88. The van der Waals surface area contributed by atoms with E-state index in [1.807, 2.05) is 12.1 Å². The highest BCUT2D eigenvalue weighted by Gasteiger charge is 2.38. The van der Waals surface area contributed by atoms with E-state index in [0.717, 1.165) is 0 Å². The number of aryl methyl sites for hydroxylation is 1. The molecule has 0 aromatic heterocycles. The lowest BCUT2D eigenvalue weighted by atomic mass is 10.0. The molecule has 28 heavy (non-hydrogen) atoms. The number of amides is 1. The minimum atomic E-state index is -3.71. The Hall–Kier alpha value is -2.22. The summed E-state index contributed by atoms with van der Waals surface area (Å²) in [6, 6.07) is 12.9. The van der Waals surface area contributed by atoms with E-state index >= 15 is 0 Å². The van der Waals surface area contributed by atoms with Crippen LogP contribution in [0.3, 0.4) is 0 Å².